The molecule has 0 saturated heterocycles. The first-order valence-corrected chi connectivity index (χ1v) is 10.2. The molecule has 0 bridgehead atoms. The van der Waals surface area contributed by atoms with Crippen LogP contribution in [0.3, 0.4) is 0 Å². The predicted octanol–water partition coefficient (Wildman–Crippen LogP) is 2.15. The standard InChI is InChI=1S/C17H17N4O7P.BrH/c22-16-17(23)20-15-12(6-13(21(24)25)7-14(15)19-16)8-18-10-28-29(26,27)9-11-4-2-1-3-5-11;/h1-7,18H,8-10H2,(H,19,22)(H,20,23)(H,26,27);1H. The van der Waals surface area contributed by atoms with Crippen LogP contribution in [0.15, 0.2) is 52.1 Å². The summed E-state index contributed by atoms with van der Waals surface area (Å²) in [5, 5.41) is 13.9. The van der Waals surface area contributed by atoms with Gasteiger partial charge in [0.15, 0.2) is 0 Å². The Kier molecular flexibility index (Phi) is 7.82. The van der Waals surface area contributed by atoms with Crippen molar-refractivity contribution in [1.82, 2.24) is 15.3 Å². The smallest absolute Gasteiger partial charge is 0.324 e. The van der Waals surface area contributed by atoms with Crippen molar-refractivity contribution in [3.05, 3.63) is 84.4 Å². The number of benzene rings is 2. The number of hydrogen-bond acceptors (Lipinski definition) is 7. The summed E-state index contributed by atoms with van der Waals surface area (Å²) >= 11 is 0. The zero-order chi connectivity index (χ0) is 21.0. The number of halogens is 1. The number of hydrogen-bond donors (Lipinski definition) is 4. The number of rotatable bonds is 8. The second-order valence-corrected chi connectivity index (χ2v) is 8.02. The topological polar surface area (TPSA) is 167 Å². The van der Waals surface area contributed by atoms with Crippen molar-refractivity contribution < 1.29 is 18.9 Å². The highest BCUT2D eigenvalue weighted by Gasteiger charge is 2.20. The van der Waals surface area contributed by atoms with E-state index in [2.05, 4.69) is 15.3 Å². The zero-order valence-electron chi connectivity index (χ0n) is 15.4. The summed E-state index contributed by atoms with van der Waals surface area (Å²) in [5.41, 5.74) is -0.849. The van der Waals surface area contributed by atoms with Crippen molar-refractivity contribution >= 4 is 41.3 Å². The molecular weight excluding hydrogens is 483 g/mol. The van der Waals surface area contributed by atoms with E-state index in [4.69, 9.17) is 4.52 Å². The summed E-state index contributed by atoms with van der Waals surface area (Å²) in [6.07, 6.45) is -0.163. The van der Waals surface area contributed by atoms with Gasteiger partial charge in [0.1, 0.15) is 6.73 Å². The van der Waals surface area contributed by atoms with Crippen molar-refractivity contribution in [2.75, 3.05) is 6.73 Å². The number of aromatic nitrogens is 2. The Morgan fingerprint density at radius 3 is 2.47 bits per heavy atom. The Bertz CT molecular complexity index is 1210. The number of aromatic amines is 2. The van der Waals surface area contributed by atoms with Crippen LogP contribution >= 0.6 is 24.6 Å². The van der Waals surface area contributed by atoms with E-state index in [9.17, 15) is 29.2 Å². The van der Waals surface area contributed by atoms with Gasteiger partial charge in [-0.25, -0.2) is 0 Å². The summed E-state index contributed by atoms with van der Waals surface area (Å²) in [5.74, 6) is 0. The molecule has 0 spiro atoms. The molecule has 1 heterocycles. The van der Waals surface area contributed by atoms with Crippen LogP contribution in [-0.4, -0.2) is 26.5 Å². The fourth-order valence-corrected chi connectivity index (χ4v) is 3.77. The van der Waals surface area contributed by atoms with E-state index in [1.807, 2.05) is 0 Å². The second kappa shape index (κ2) is 9.92. The second-order valence-electron chi connectivity index (χ2n) is 6.17. The Labute approximate surface area is 179 Å². The van der Waals surface area contributed by atoms with Gasteiger partial charge in [-0.2, -0.15) is 0 Å². The number of nitro groups is 1. The lowest BCUT2D eigenvalue weighted by atomic mass is 10.1. The lowest BCUT2D eigenvalue weighted by Gasteiger charge is -2.13. The number of H-pyrrole nitrogens is 2. The van der Waals surface area contributed by atoms with Crippen molar-refractivity contribution in [1.29, 1.82) is 0 Å². The van der Waals surface area contributed by atoms with Gasteiger partial charge in [-0.1, -0.05) is 30.3 Å². The molecule has 13 heteroatoms. The van der Waals surface area contributed by atoms with Gasteiger partial charge in [-0.15, -0.1) is 17.0 Å². The molecule has 0 aliphatic carbocycles. The molecule has 30 heavy (non-hydrogen) atoms. The molecule has 11 nitrogen and oxygen atoms in total. The first-order chi connectivity index (χ1) is 13.7. The van der Waals surface area contributed by atoms with Gasteiger partial charge in [-0.05, 0) is 11.1 Å². The molecule has 1 aromatic heterocycles. The SMILES string of the molecule is Br.O=c1[nH]c2cc([N+](=O)[O-])cc(CNCOP(=O)(O)Cc3ccccc3)c2[nH]c1=O. The van der Waals surface area contributed by atoms with Crippen molar-refractivity contribution in [3.63, 3.8) is 0 Å². The third-order valence-corrected chi connectivity index (χ3v) is 5.31. The average Bonchev–Trinajstić information content (AvgIpc) is 2.66. The molecule has 0 saturated carbocycles. The number of nitrogens with one attached hydrogen (secondary N) is 3. The molecule has 160 valence electrons. The monoisotopic (exact) mass is 500 g/mol. The quantitative estimate of drug-likeness (QED) is 0.0910. The van der Waals surface area contributed by atoms with Crippen LogP contribution in [0.1, 0.15) is 11.1 Å². The number of nitro benzene ring substituents is 1. The van der Waals surface area contributed by atoms with E-state index in [-0.39, 0.29) is 53.1 Å². The van der Waals surface area contributed by atoms with Gasteiger partial charge >= 0.3 is 18.7 Å². The lowest BCUT2D eigenvalue weighted by Crippen LogP contribution is -2.29. The van der Waals surface area contributed by atoms with Crippen molar-refractivity contribution in [2.45, 2.75) is 12.7 Å². The summed E-state index contributed by atoms with van der Waals surface area (Å²) in [6.45, 7) is -0.329. The first kappa shape index (κ1) is 23.6. The third kappa shape index (κ3) is 5.94. The summed E-state index contributed by atoms with van der Waals surface area (Å²) in [4.78, 5) is 48.2. The highest BCUT2D eigenvalue weighted by molar-refractivity contribution is 8.93. The molecule has 0 fully saturated rings. The molecule has 0 aliphatic rings. The Balaban J connectivity index is 0.00000320. The molecular formula is C17H18BrN4O7P. The first-order valence-electron chi connectivity index (χ1n) is 8.40. The molecule has 3 aromatic rings. The van der Waals surface area contributed by atoms with E-state index in [1.165, 1.54) is 6.07 Å². The largest absolute Gasteiger partial charge is 0.333 e. The number of nitrogens with zero attached hydrogens (tertiary/aromatic N) is 1. The van der Waals surface area contributed by atoms with E-state index in [0.29, 0.717) is 11.1 Å². The maximum atomic E-state index is 12.1. The Hall–Kier alpha value is -2.63. The van der Waals surface area contributed by atoms with Gasteiger partial charge in [0, 0.05) is 18.7 Å². The maximum Gasteiger partial charge on any atom is 0.333 e. The van der Waals surface area contributed by atoms with Crippen LogP contribution in [0.2, 0.25) is 0 Å². The zero-order valence-corrected chi connectivity index (χ0v) is 18.0. The van der Waals surface area contributed by atoms with Gasteiger partial charge in [0.05, 0.1) is 22.1 Å². The van der Waals surface area contributed by atoms with Crippen molar-refractivity contribution in [3.8, 4) is 0 Å². The minimum Gasteiger partial charge on any atom is -0.324 e. The van der Waals surface area contributed by atoms with Crippen LogP contribution in [0.4, 0.5) is 5.69 Å². The molecule has 2 aromatic carbocycles. The lowest BCUT2D eigenvalue weighted by molar-refractivity contribution is -0.384. The van der Waals surface area contributed by atoms with Crippen LogP contribution in [0, 0.1) is 10.1 Å². The van der Waals surface area contributed by atoms with E-state index < -0.39 is 23.6 Å². The number of non-ortho nitro benzene ring substituents is 1. The minimum atomic E-state index is -3.90. The van der Waals surface area contributed by atoms with E-state index in [1.54, 1.807) is 30.3 Å². The molecule has 0 aliphatic heterocycles. The maximum absolute atomic E-state index is 12.1. The van der Waals surface area contributed by atoms with Crippen molar-refractivity contribution in [2.24, 2.45) is 0 Å². The normalized spacial score (nSPS) is 12.8. The van der Waals surface area contributed by atoms with Crippen LogP contribution in [-0.2, 0) is 21.8 Å². The molecule has 1 unspecified atom stereocenters. The third-order valence-electron chi connectivity index (χ3n) is 4.02. The van der Waals surface area contributed by atoms with E-state index >= 15 is 0 Å². The molecule has 3 rings (SSSR count). The molecule has 4 N–H and O–H groups in total. The fourth-order valence-electron chi connectivity index (χ4n) is 2.72. The van der Waals surface area contributed by atoms with E-state index in [0.717, 1.165) is 6.07 Å². The fraction of sp³-hybridized carbons (Fsp3) is 0.176. The molecule has 0 amide bonds. The van der Waals surface area contributed by atoms with Crippen LogP contribution in [0.25, 0.3) is 11.0 Å². The van der Waals surface area contributed by atoms with Gasteiger partial charge in [0.25, 0.3) is 5.69 Å². The predicted molar refractivity (Wildman–Crippen MR) is 115 cm³/mol. The number of fused-ring (bicyclic) bond motifs is 1. The Morgan fingerprint density at radius 2 is 1.80 bits per heavy atom. The van der Waals surface area contributed by atoms with Crippen LogP contribution < -0.4 is 16.4 Å². The van der Waals surface area contributed by atoms with Crippen LogP contribution in [0.5, 0.6) is 0 Å². The van der Waals surface area contributed by atoms with Gasteiger partial charge in [0.2, 0.25) is 0 Å². The minimum absolute atomic E-state index is 0. The Morgan fingerprint density at radius 1 is 1.13 bits per heavy atom. The van der Waals surface area contributed by atoms with Gasteiger partial charge < -0.3 is 14.9 Å². The summed E-state index contributed by atoms with van der Waals surface area (Å²) in [7, 11) is -3.90. The summed E-state index contributed by atoms with van der Waals surface area (Å²) in [6, 6.07) is 11.0. The summed E-state index contributed by atoms with van der Waals surface area (Å²) < 4.78 is 17.2. The highest BCUT2D eigenvalue weighted by atomic mass is 79.9. The molecule has 1 atom stereocenters. The van der Waals surface area contributed by atoms with Gasteiger partial charge in [-0.3, -0.25) is 34.1 Å². The highest BCUT2D eigenvalue weighted by Crippen LogP contribution is 2.45. The average molecular weight is 501 g/mol. The molecule has 0 radical (unpaired) electrons.